The van der Waals surface area contributed by atoms with Crippen LogP contribution in [-0.2, 0) is 4.79 Å². The smallest absolute Gasteiger partial charge is 0.265 e. The number of carbonyl (C=O) groups is 1. The van der Waals surface area contributed by atoms with Gasteiger partial charge in [-0.2, -0.15) is 0 Å². The first-order valence-electron chi connectivity index (χ1n) is 6.45. The fourth-order valence-corrected chi connectivity index (χ4v) is 2.23. The molecule has 0 saturated carbocycles. The second kappa shape index (κ2) is 6.72. The number of ether oxygens (including phenoxy) is 1. The number of benzene rings is 2. The highest BCUT2D eigenvalue weighted by Crippen LogP contribution is 2.26. The van der Waals surface area contributed by atoms with Crippen LogP contribution in [-0.4, -0.2) is 12.0 Å². The summed E-state index contributed by atoms with van der Waals surface area (Å²) >= 11 is 3.20. The standard InChI is InChI=1S/C16H15BrFNO2/c1-10-4-3-5-13(8-10)19-16(20)11(2)21-15-7-6-12(18)9-14(15)17/h3-9,11H,1-2H3,(H,19,20)/t11-/m1/s1. The zero-order valence-electron chi connectivity index (χ0n) is 11.7. The molecule has 0 spiro atoms. The lowest BCUT2D eigenvalue weighted by atomic mass is 10.2. The van der Waals surface area contributed by atoms with Crippen molar-refractivity contribution in [2.45, 2.75) is 20.0 Å². The summed E-state index contributed by atoms with van der Waals surface area (Å²) in [5.41, 5.74) is 1.77. The Kier molecular flexibility index (Phi) is 4.96. The van der Waals surface area contributed by atoms with Gasteiger partial charge in [-0.3, -0.25) is 4.79 Å². The minimum Gasteiger partial charge on any atom is -0.480 e. The average molecular weight is 352 g/mol. The van der Waals surface area contributed by atoms with Crippen LogP contribution in [0, 0.1) is 12.7 Å². The third-order valence-electron chi connectivity index (χ3n) is 2.85. The number of anilines is 1. The van der Waals surface area contributed by atoms with Gasteiger partial charge in [-0.15, -0.1) is 0 Å². The van der Waals surface area contributed by atoms with E-state index in [2.05, 4.69) is 21.2 Å². The lowest BCUT2D eigenvalue weighted by Crippen LogP contribution is -2.30. The van der Waals surface area contributed by atoms with Crippen molar-refractivity contribution in [2.75, 3.05) is 5.32 Å². The Labute approximate surface area is 131 Å². The van der Waals surface area contributed by atoms with Crippen molar-refractivity contribution >= 4 is 27.5 Å². The van der Waals surface area contributed by atoms with Gasteiger partial charge in [0.1, 0.15) is 11.6 Å². The minimum absolute atomic E-state index is 0.267. The molecule has 0 radical (unpaired) electrons. The van der Waals surface area contributed by atoms with E-state index in [1.54, 1.807) is 6.92 Å². The molecular formula is C16H15BrFNO2. The Balaban J connectivity index is 2.02. The highest BCUT2D eigenvalue weighted by molar-refractivity contribution is 9.10. The van der Waals surface area contributed by atoms with E-state index in [1.165, 1.54) is 18.2 Å². The van der Waals surface area contributed by atoms with E-state index in [0.717, 1.165) is 5.56 Å². The summed E-state index contributed by atoms with van der Waals surface area (Å²) in [4.78, 5) is 12.1. The van der Waals surface area contributed by atoms with E-state index >= 15 is 0 Å². The number of halogens is 2. The van der Waals surface area contributed by atoms with Crippen molar-refractivity contribution < 1.29 is 13.9 Å². The van der Waals surface area contributed by atoms with E-state index < -0.39 is 6.10 Å². The van der Waals surface area contributed by atoms with E-state index in [1.807, 2.05) is 31.2 Å². The number of aryl methyl sites for hydroxylation is 1. The molecule has 0 unspecified atom stereocenters. The van der Waals surface area contributed by atoms with Gasteiger partial charge < -0.3 is 10.1 Å². The molecule has 3 nitrogen and oxygen atoms in total. The van der Waals surface area contributed by atoms with Crippen LogP contribution in [0.1, 0.15) is 12.5 Å². The van der Waals surface area contributed by atoms with Crippen LogP contribution in [0.3, 0.4) is 0 Å². The quantitative estimate of drug-likeness (QED) is 0.891. The lowest BCUT2D eigenvalue weighted by molar-refractivity contribution is -0.122. The number of hydrogen-bond donors (Lipinski definition) is 1. The molecule has 0 aliphatic carbocycles. The number of nitrogens with one attached hydrogen (secondary N) is 1. The average Bonchev–Trinajstić information content (AvgIpc) is 2.41. The summed E-state index contributed by atoms with van der Waals surface area (Å²) in [6.45, 7) is 3.59. The second-order valence-electron chi connectivity index (χ2n) is 4.69. The van der Waals surface area contributed by atoms with E-state index in [-0.39, 0.29) is 11.7 Å². The Bertz CT molecular complexity index is 660. The van der Waals surface area contributed by atoms with Crippen molar-refractivity contribution in [1.82, 2.24) is 0 Å². The van der Waals surface area contributed by atoms with Gasteiger partial charge in [0.2, 0.25) is 0 Å². The summed E-state index contributed by atoms with van der Waals surface area (Å²) in [7, 11) is 0. The molecule has 0 heterocycles. The van der Waals surface area contributed by atoms with Crippen LogP contribution in [0.15, 0.2) is 46.9 Å². The SMILES string of the molecule is Cc1cccc(NC(=O)[C@@H](C)Oc2ccc(F)cc2Br)c1. The maximum atomic E-state index is 13.0. The van der Waals surface area contributed by atoms with Gasteiger partial charge in [0.15, 0.2) is 6.10 Å². The molecule has 110 valence electrons. The van der Waals surface area contributed by atoms with Crippen molar-refractivity contribution in [2.24, 2.45) is 0 Å². The first-order valence-corrected chi connectivity index (χ1v) is 7.24. The second-order valence-corrected chi connectivity index (χ2v) is 5.55. The normalized spacial score (nSPS) is 11.8. The van der Waals surface area contributed by atoms with Crippen LogP contribution in [0.4, 0.5) is 10.1 Å². The predicted octanol–water partition coefficient (Wildman–Crippen LogP) is 4.30. The molecule has 1 atom stereocenters. The van der Waals surface area contributed by atoms with Crippen LogP contribution in [0.5, 0.6) is 5.75 Å². The van der Waals surface area contributed by atoms with Crippen LogP contribution >= 0.6 is 15.9 Å². The van der Waals surface area contributed by atoms with Gasteiger partial charge in [0.25, 0.3) is 5.91 Å². The molecule has 1 N–H and O–H groups in total. The van der Waals surface area contributed by atoms with Gasteiger partial charge in [0.05, 0.1) is 4.47 Å². The number of amides is 1. The molecule has 0 saturated heterocycles. The first kappa shape index (κ1) is 15.5. The summed E-state index contributed by atoms with van der Waals surface area (Å²) < 4.78 is 19.0. The van der Waals surface area contributed by atoms with Crippen molar-refractivity contribution in [3.63, 3.8) is 0 Å². The maximum Gasteiger partial charge on any atom is 0.265 e. The molecule has 0 bridgehead atoms. The molecule has 5 heteroatoms. The zero-order chi connectivity index (χ0) is 15.4. The zero-order valence-corrected chi connectivity index (χ0v) is 13.3. The number of hydrogen-bond acceptors (Lipinski definition) is 2. The van der Waals surface area contributed by atoms with Gasteiger partial charge in [-0.05, 0) is 65.7 Å². The van der Waals surface area contributed by atoms with Crippen LogP contribution < -0.4 is 10.1 Å². The molecule has 0 aliphatic rings. The fraction of sp³-hybridized carbons (Fsp3) is 0.188. The molecule has 0 aromatic heterocycles. The van der Waals surface area contributed by atoms with E-state index in [4.69, 9.17) is 4.74 Å². The summed E-state index contributed by atoms with van der Waals surface area (Å²) in [5, 5.41) is 2.78. The van der Waals surface area contributed by atoms with Gasteiger partial charge in [-0.1, -0.05) is 12.1 Å². The molecule has 0 fully saturated rings. The molecule has 2 aromatic carbocycles. The topological polar surface area (TPSA) is 38.3 Å². The summed E-state index contributed by atoms with van der Waals surface area (Å²) in [6, 6.07) is 11.6. The molecule has 2 rings (SSSR count). The monoisotopic (exact) mass is 351 g/mol. The van der Waals surface area contributed by atoms with Crippen LogP contribution in [0.2, 0.25) is 0 Å². The fourth-order valence-electron chi connectivity index (χ4n) is 1.78. The highest BCUT2D eigenvalue weighted by atomic mass is 79.9. The van der Waals surface area contributed by atoms with Gasteiger partial charge in [-0.25, -0.2) is 4.39 Å². The van der Waals surface area contributed by atoms with Crippen molar-refractivity contribution in [3.05, 3.63) is 58.3 Å². The van der Waals surface area contributed by atoms with Crippen LogP contribution in [0.25, 0.3) is 0 Å². The minimum atomic E-state index is -0.702. The van der Waals surface area contributed by atoms with E-state index in [0.29, 0.717) is 15.9 Å². The van der Waals surface area contributed by atoms with Crippen molar-refractivity contribution in [3.8, 4) is 5.75 Å². The third kappa shape index (κ3) is 4.29. The highest BCUT2D eigenvalue weighted by Gasteiger charge is 2.16. The maximum absolute atomic E-state index is 13.0. The Morgan fingerprint density at radius 1 is 1.29 bits per heavy atom. The van der Waals surface area contributed by atoms with Gasteiger partial charge in [0, 0.05) is 5.69 Å². The number of carbonyl (C=O) groups excluding carboxylic acids is 1. The Morgan fingerprint density at radius 2 is 2.05 bits per heavy atom. The van der Waals surface area contributed by atoms with E-state index in [9.17, 15) is 9.18 Å². The van der Waals surface area contributed by atoms with Crippen molar-refractivity contribution in [1.29, 1.82) is 0 Å². The third-order valence-corrected chi connectivity index (χ3v) is 3.47. The first-order chi connectivity index (χ1) is 9.95. The predicted molar refractivity (Wildman–Crippen MR) is 84.0 cm³/mol. The number of rotatable bonds is 4. The molecule has 21 heavy (non-hydrogen) atoms. The molecule has 1 amide bonds. The summed E-state index contributed by atoms with van der Waals surface area (Å²) in [5.74, 6) is -0.216. The van der Waals surface area contributed by atoms with Gasteiger partial charge >= 0.3 is 0 Å². The largest absolute Gasteiger partial charge is 0.480 e. The molecule has 0 aliphatic heterocycles. The molecule has 2 aromatic rings. The summed E-state index contributed by atoms with van der Waals surface area (Å²) in [6.07, 6.45) is -0.702. The lowest BCUT2D eigenvalue weighted by Gasteiger charge is -2.16. The Morgan fingerprint density at radius 3 is 2.71 bits per heavy atom. The molecular weight excluding hydrogens is 337 g/mol. The Hall–Kier alpha value is -1.88.